The van der Waals surface area contributed by atoms with Crippen molar-refractivity contribution < 1.29 is 0 Å². The fraction of sp³-hybridized carbons (Fsp3) is 0.152. The van der Waals surface area contributed by atoms with Crippen molar-refractivity contribution in [1.82, 2.24) is 0 Å². The molecule has 0 bridgehead atoms. The second kappa shape index (κ2) is 13.0. The average Bonchev–Trinajstić information content (AvgIpc) is 2.85. The second-order valence-electron chi connectivity index (χ2n) is 7.02. The Morgan fingerprint density at radius 2 is 0.455 bits per heavy atom. The predicted octanol–water partition coefficient (Wildman–Crippen LogP) is 10.9. The Morgan fingerprint density at radius 1 is 0.273 bits per heavy atom. The molecule has 33 heavy (non-hydrogen) atoms. The Kier molecular flexibility index (Phi) is 10.8. The van der Waals surface area contributed by atoms with Crippen LogP contribution in [0.5, 0.6) is 0 Å². The molecule has 0 N–H and O–H groups in total. The third kappa shape index (κ3) is 5.79. The van der Waals surface area contributed by atoms with E-state index in [1.54, 1.807) is 0 Å². The number of fused-ring (bicyclic) bond motifs is 6. The largest absolute Gasteiger partial charge is 0.0776 e. The van der Waals surface area contributed by atoms with Gasteiger partial charge in [-0.3, -0.25) is 0 Å². The van der Waals surface area contributed by atoms with E-state index in [1.807, 2.05) is 13.8 Å². The summed E-state index contributed by atoms with van der Waals surface area (Å²) in [5, 5.41) is 10.6. The highest BCUT2D eigenvalue weighted by atomic mass is 14.0. The van der Waals surface area contributed by atoms with Crippen LogP contribution >= 0.6 is 0 Å². The van der Waals surface area contributed by atoms with Crippen molar-refractivity contribution in [3.05, 3.63) is 121 Å². The van der Waals surface area contributed by atoms with Crippen molar-refractivity contribution >= 4 is 43.1 Å². The van der Waals surface area contributed by atoms with Gasteiger partial charge in [-0.25, -0.2) is 0 Å². The topological polar surface area (TPSA) is 0 Å². The summed E-state index contributed by atoms with van der Waals surface area (Å²) in [4.78, 5) is 0. The highest BCUT2D eigenvalue weighted by Crippen LogP contribution is 2.25. The molecule has 0 aromatic heterocycles. The van der Waals surface area contributed by atoms with Crippen LogP contribution in [0.2, 0.25) is 0 Å². The fourth-order valence-corrected chi connectivity index (χ4v) is 3.91. The van der Waals surface area contributed by atoms with E-state index in [9.17, 15) is 0 Å². The Bertz CT molecular complexity index is 1190. The van der Waals surface area contributed by atoms with Crippen LogP contribution < -0.4 is 0 Å². The average molecular weight is 435 g/mol. The Balaban J connectivity index is 0.000000283. The molecule has 0 heterocycles. The summed E-state index contributed by atoms with van der Waals surface area (Å²) in [6.07, 6.45) is 0. The van der Waals surface area contributed by atoms with Gasteiger partial charge in [0.2, 0.25) is 0 Å². The second-order valence-corrected chi connectivity index (χ2v) is 7.02. The molecule has 6 aromatic rings. The first-order chi connectivity index (χ1) is 14.9. The minimum atomic E-state index is 0. The van der Waals surface area contributed by atoms with Crippen LogP contribution in [0.15, 0.2) is 121 Å². The molecule has 6 rings (SSSR count). The molecule has 0 heteroatoms. The maximum absolute atomic E-state index is 2.18. The standard InChI is InChI=1S/2C14H10.C2H6.3CH4/c2*1-3-7-13-11(5-1)9-10-12-6-2-4-8-14(12)13;1-2;;;/h2*1-10H;1-2H3;3*1H4. The molecule has 0 spiro atoms. The van der Waals surface area contributed by atoms with E-state index in [-0.39, 0.29) is 22.3 Å². The monoisotopic (exact) mass is 434 g/mol. The van der Waals surface area contributed by atoms with Gasteiger partial charge in [-0.2, -0.15) is 0 Å². The van der Waals surface area contributed by atoms with E-state index in [2.05, 4.69) is 121 Å². The van der Waals surface area contributed by atoms with Gasteiger partial charge in [0.15, 0.2) is 0 Å². The van der Waals surface area contributed by atoms with Crippen molar-refractivity contribution in [3.63, 3.8) is 0 Å². The van der Waals surface area contributed by atoms with Crippen LogP contribution in [0.1, 0.15) is 36.1 Å². The molecule has 0 aliphatic heterocycles. The molecule has 6 aromatic carbocycles. The van der Waals surface area contributed by atoms with E-state index >= 15 is 0 Å². The molecule has 0 aliphatic rings. The fourth-order valence-electron chi connectivity index (χ4n) is 3.91. The molecular weight excluding hydrogens is 396 g/mol. The lowest BCUT2D eigenvalue weighted by atomic mass is 10.0. The first-order valence-corrected chi connectivity index (χ1v) is 10.6. The van der Waals surface area contributed by atoms with Crippen molar-refractivity contribution in [3.8, 4) is 0 Å². The quantitative estimate of drug-likeness (QED) is 0.208. The zero-order chi connectivity index (χ0) is 20.8. The van der Waals surface area contributed by atoms with Crippen molar-refractivity contribution in [2.75, 3.05) is 0 Å². The SMILES string of the molecule is C.C.C.CC.c1ccc2c(c1)ccc1ccccc12.c1ccc2c(c1)ccc1ccccc12. The van der Waals surface area contributed by atoms with Crippen molar-refractivity contribution in [1.29, 1.82) is 0 Å². The highest BCUT2D eigenvalue weighted by molar-refractivity contribution is 6.08. The molecule has 0 saturated heterocycles. The molecule has 0 saturated carbocycles. The summed E-state index contributed by atoms with van der Waals surface area (Å²) < 4.78 is 0. The summed E-state index contributed by atoms with van der Waals surface area (Å²) in [5.74, 6) is 0. The first-order valence-electron chi connectivity index (χ1n) is 10.6. The lowest BCUT2D eigenvalue weighted by Gasteiger charge is -2.02. The maximum Gasteiger partial charge on any atom is -0.0105 e. The van der Waals surface area contributed by atoms with Crippen molar-refractivity contribution in [2.45, 2.75) is 36.1 Å². The smallest absolute Gasteiger partial charge is 0.0105 e. The van der Waals surface area contributed by atoms with Crippen LogP contribution in [-0.4, -0.2) is 0 Å². The summed E-state index contributed by atoms with van der Waals surface area (Å²) in [6, 6.07) is 42.7. The third-order valence-corrected chi connectivity index (χ3v) is 5.31. The van der Waals surface area contributed by atoms with E-state index in [0.29, 0.717) is 0 Å². The molecule has 0 atom stereocenters. The van der Waals surface area contributed by atoms with Gasteiger partial charge in [-0.05, 0) is 43.1 Å². The predicted molar refractivity (Wildman–Crippen MR) is 154 cm³/mol. The Hall–Kier alpha value is -3.64. The Labute approximate surface area is 200 Å². The molecule has 0 radical (unpaired) electrons. The molecule has 0 aliphatic carbocycles. The van der Waals surface area contributed by atoms with Crippen molar-refractivity contribution in [2.24, 2.45) is 0 Å². The van der Waals surface area contributed by atoms with Gasteiger partial charge in [0, 0.05) is 0 Å². The molecule has 170 valence electrons. The van der Waals surface area contributed by atoms with E-state index in [4.69, 9.17) is 0 Å². The summed E-state index contributed by atoms with van der Waals surface area (Å²) in [6.45, 7) is 4.00. The van der Waals surface area contributed by atoms with Crippen LogP contribution in [-0.2, 0) is 0 Å². The number of rotatable bonds is 0. The zero-order valence-corrected chi connectivity index (χ0v) is 17.5. The van der Waals surface area contributed by atoms with Crippen LogP contribution in [0.25, 0.3) is 43.1 Å². The summed E-state index contributed by atoms with van der Waals surface area (Å²) >= 11 is 0. The zero-order valence-electron chi connectivity index (χ0n) is 17.5. The van der Waals surface area contributed by atoms with Gasteiger partial charge in [0.25, 0.3) is 0 Å². The van der Waals surface area contributed by atoms with E-state index < -0.39 is 0 Å². The first kappa shape index (κ1) is 27.4. The van der Waals surface area contributed by atoms with Crippen LogP contribution in [0.3, 0.4) is 0 Å². The Morgan fingerprint density at radius 3 is 0.667 bits per heavy atom. The van der Waals surface area contributed by atoms with Gasteiger partial charge in [0.05, 0.1) is 0 Å². The minimum absolute atomic E-state index is 0. The van der Waals surface area contributed by atoms with Gasteiger partial charge < -0.3 is 0 Å². The van der Waals surface area contributed by atoms with Gasteiger partial charge in [0.1, 0.15) is 0 Å². The minimum Gasteiger partial charge on any atom is -0.0776 e. The maximum atomic E-state index is 2.18. The lowest BCUT2D eigenvalue weighted by Crippen LogP contribution is -1.75. The molecule has 0 amide bonds. The van der Waals surface area contributed by atoms with Gasteiger partial charge >= 0.3 is 0 Å². The normalized spacial score (nSPS) is 9.39. The number of benzene rings is 6. The van der Waals surface area contributed by atoms with Crippen LogP contribution in [0, 0.1) is 0 Å². The molecular formula is C33H38. The highest BCUT2D eigenvalue weighted by Gasteiger charge is 1.98. The number of hydrogen-bond acceptors (Lipinski definition) is 0. The third-order valence-electron chi connectivity index (χ3n) is 5.31. The van der Waals surface area contributed by atoms with Crippen LogP contribution in [0.4, 0.5) is 0 Å². The van der Waals surface area contributed by atoms with Gasteiger partial charge in [-0.1, -0.05) is 157 Å². The summed E-state index contributed by atoms with van der Waals surface area (Å²) in [5.41, 5.74) is 0. The van der Waals surface area contributed by atoms with Gasteiger partial charge in [-0.15, -0.1) is 0 Å². The van der Waals surface area contributed by atoms with E-state index in [1.165, 1.54) is 43.1 Å². The molecule has 0 fully saturated rings. The molecule has 0 nitrogen and oxygen atoms in total. The molecule has 0 unspecified atom stereocenters. The van der Waals surface area contributed by atoms with E-state index in [0.717, 1.165) is 0 Å². The lowest BCUT2D eigenvalue weighted by molar-refractivity contribution is 1.50. The number of hydrogen-bond donors (Lipinski definition) is 0. The summed E-state index contributed by atoms with van der Waals surface area (Å²) in [7, 11) is 0.